The first-order valence-corrected chi connectivity index (χ1v) is 11.2. The van der Waals surface area contributed by atoms with Crippen LogP contribution in [0.25, 0.3) is 0 Å². The maximum Gasteiger partial charge on any atom is 0.494 e. The highest BCUT2D eigenvalue weighted by Gasteiger charge is 2.35. The Morgan fingerprint density at radius 1 is 1.03 bits per heavy atom. The van der Waals surface area contributed by atoms with Crippen LogP contribution in [0.5, 0.6) is 5.75 Å². The molecule has 9 heteroatoms. The Kier molecular flexibility index (Phi) is 9.64. The van der Waals surface area contributed by atoms with Gasteiger partial charge in [-0.05, 0) is 78.5 Å². The Morgan fingerprint density at radius 2 is 1.72 bits per heavy atom. The van der Waals surface area contributed by atoms with Crippen LogP contribution in [0.2, 0.25) is 0 Å². The number of hydrogen-bond acceptors (Lipinski definition) is 5. The number of hydrogen-bond donors (Lipinski definition) is 2. The molecule has 0 fully saturated rings. The van der Waals surface area contributed by atoms with Gasteiger partial charge in [0.2, 0.25) is 0 Å². The molecule has 2 atom stereocenters. The Balaban J connectivity index is 2.01. The van der Waals surface area contributed by atoms with Crippen LogP contribution >= 0.6 is 8.69 Å². The summed E-state index contributed by atoms with van der Waals surface area (Å²) in [6.07, 6.45) is -2.90. The molecule has 0 radical (unpaired) electrons. The second-order valence-corrected chi connectivity index (χ2v) is 8.55. The lowest BCUT2D eigenvalue weighted by Crippen LogP contribution is -2.47. The fraction of sp³-hybridized carbons (Fsp3) is 0.478. The molecule has 2 aromatic carbocycles. The van der Waals surface area contributed by atoms with Gasteiger partial charge >= 0.3 is 14.9 Å². The molecule has 2 unspecified atom stereocenters. The second kappa shape index (κ2) is 11.8. The van der Waals surface area contributed by atoms with E-state index >= 15 is 0 Å². The van der Waals surface area contributed by atoms with E-state index in [1.165, 1.54) is 17.2 Å². The molecule has 0 aromatic heterocycles. The normalized spacial score (nSPS) is 13.8. The highest BCUT2D eigenvalue weighted by molar-refractivity contribution is 7.17. The zero-order chi connectivity index (χ0) is 23.8. The smallest absolute Gasteiger partial charge is 0.493 e. The van der Waals surface area contributed by atoms with Crippen LogP contribution in [0.1, 0.15) is 40.7 Å². The molecule has 0 amide bonds. The molecule has 3 N–H and O–H groups in total. The number of halogens is 3. The van der Waals surface area contributed by atoms with Crippen molar-refractivity contribution in [3.8, 4) is 5.75 Å². The van der Waals surface area contributed by atoms with Crippen molar-refractivity contribution in [2.24, 2.45) is 5.73 Å². The lowest BCUT2D eigenvalue weighted by atomic mass is 9.93. The van der Waals surface area contributed by atoms with Crippen LogP contribution in [0.3, 0.4) is 0 Å². The minimum absolute atomic E-state index is 0.153. The van der Waals surface area contributed by atoms with E-state index in [0.29, 0.717) is 18.4 Å². The molecule has 0 spiro atoms. The first kappa shape index (κ1) is 26.3. The monoisotopic (exact) mass is 472 g/mol. The third-order valence-electron chi connectivity index (χ3n) is 5.43. The molecular weight excluding hydrogens is 442 g/mol. The molecular formula is C23H30F3NO4P+. The van der Waals surface area contributed by atoms with Gasteiger partial charge < -0.3 is 15.6 Å². The lowest BCUT2D eigenvalue weighted by Gasteiger charge is -2.24. The van der Waals surface area contributed by atoms with E-state index in [1.807, 2.05) is 26.0 Å². The predicted molar refractivity (Wildman–Crippen MR) is 118 cm³/mol. The summed E-state index contributed by atoms with van der Waals surface area (Å²) in [5.41, 5.74) is 7.86. The van der Waals surface area contributed by atoms with Crippen LogP contribution in [0.15, 0.2) is 36.4 Å². The number of ether oxygens (including phenoxy) is 1. The number of nitrogens with two attached hydrogens (primary N) is 1. The Hall–Kier alpha value is -1.99. The van der Waals surface area contributed by atoms with Gasteiger partial charge in [0.05, 0.1) is 24.3 Å². The number of aryl methyl sites for hydroxylation is 4. The van der Waals surface area contributed by atoms with Gasteiger partial charge in [0, 0.05) is 0 Å². The third kappa shape index (κ3) is 7.85. The summed E-state index contributed by atoms with van der Waals surface area (Å²) < 4.78 is 61.5. The van der Waals surface area contributed by atoms with Gasteiger partial charge in [0.1, 0.15) is 12.4 Å². The molecule has 2 rings (SSSR count). The topological polar surface area (TPSA) is 81.8 Å². The minimum atomic E-state index is -4.57. The molecule has 0 aliphatic rings. The number of benzene rings is 2. The molecule has 2 aromatic rings. The highest BCUT2D eigenvalue weighted by atomic mass is 31.1. The van der Waals surface area contributed by atoms with E-state index in [2.05, 4.69) is 6.07 Å². The summed E-state index contributed by atoms with van der Waals surface area (Å²) in [5, 5.41) is 9.45. The quantitative estimate of drug-likeness (QED) is 0.339. The van der Waals surface area contributed by atoms with Crippen LogP contribution in [-0.2, 0) is 28.1 Å². The molecule has 0 aliphatic heterocycles. The zero-order valence-electron chi connectivity index (χ0n) is 18.3. The summed E-state index contributed by atoms with van der Waals surface area (Å²) in [6.45, 7) is 3.63. The van der Waals surface area contributed by atoms with Crippen molar-refractivity contribution in [2.75, 3.05) is 19.8 Å². The summed E-state index contributed by atoms with van der Waals surface area (Å²) in [6, 6.07) is 10.1. The molecule has 5 nitrogen and oxygen atoms in total. The molecule has 0 aliphatic carbocycles. The summed E-state index contributed by atoms with van der Waals surface area (Å²) >= 11 is 0. The maximum absolute atomic E-state index is 13.6. The van der Waals surface area contributed by atoms with Crippen LogP contribution < -0.4 is 10.5 Å². The number of aliphatic hydroxyl groups excluding tert-OH is 1. The van der Waals surface area contributed by atoms with Crippen molar-refractivity contribution in [3.63, 3.8) is 0 Å². The summed E-state index contributed by atoms with van der Waals surface area (Å²) in [7, 11) is -1.02. The van der Waals surface area contributed by atoms with Gasteiger partial charge in [-0.2, -0.15) is 13.2 Å². The van der Waals surface area contributed by atoms with Gasteiger partial charge in [0.25, 0.3) is 0 Å². The Labute approximate surface area is 188 Å². The van der Waals surface area contributed by atoms with Crippen molar-refractivity contribution < 1.29 is 32.1 Å². The van der Waals surface area contributed by atoms with E-state index < -0.39 is 32.6 Å². The SMILES string of the molecule is Cc1ccc(CCCOc2ccc(CCC(N)(CO)CO[PH+]=O)cc2C(F)(F)F)cc1C. The van der Waals surface area contributed by atoms with E-state index in [9.17, 15) is 22.8 Å². The minimum Gasteiger partial charge on any atom is -0.493 e. The highest BCUT2D eigenvalue weighted by Crippen LogP contribution is 2.37. The Morgan fingerprint density at radius 3 is 2.34 bits per heavy atom. The van der Waals surface area contributed by atoms with Crippen LogP contribution in [-0.4, -0.2) is 30.5 Å². The van der Waals surface area contributed by atoms with E-state index in [0.717, 1.165) is 11.6 Å². The average Bonchev–Trinajstić information content (AvgIpc) is 2.76. The largest absolute Gasteiger partial charge is 0.494 e. The number of alkyl halides is 3. The van der Waals surface area contributed by atoms with Crippen molar-refractivity contribution in [2.45, 2.75) is 51.2 Å². The maximum atomic E-state index is 13.6. The van der Waals surface area contributed by atoms with E-state index in [4.69, 9.17) is 15.0 Å². The first-order chi connectivity index (χ1) is 15.1. The van der Waals surface area contributed by atoms with Crippen LogP contribution in [0, 0.1) is 13.8 Å². The molecule has 0 bridgehead atoms. The van der Waals surface area contributed by atoms with Crippen molar-refractivity contribution in [1.29, 1.82) is 0 Å². The van der Waals surface area contributed by atoms with E-state index in [1.54, 1.807) is 6.07 Å². The Bertz CT molecular complexity index is 907. The fourth-order valence-corrected chi connectivity index (χ4v) is 3.61. The zero-order valence-corrected chi connectivity index (χ0v) is 19.3. The molecule has 0 saturated heterocycles. The van der Waals surface area contributed by atoms with Crippen molar-refractivity contribution >= 4 is 8.69 Å². The first-order valence-electron chi connectivity index (χ1n) is 10.4. The fourth-order valence-electron chi connectivity index (χ4n) is 3.26. The molecule has 32 heavy (non-hydrogen) atoms. The van der Waals surface area contributed by atoms with Gasteiger partial charge in [-0.15, -0.1) is 4.52 Å². The molecule has 0 saturated carbocycles. The van der Waals surface area contributed by atoms with Crippen LogP contribution in [0.4, 0.5) is 13.2 Å². The molecule has 0 heterocycles. The average molecular weight is 472 g/mol. The lowest BCUT2D eigenvalue weighted by molar-refractivity contribution is -0.139. The van der Waals surface area contributed by atoms with Gasteiger partial charge in [-0.3, -0.25) is 0 Å². The van der Waals surface area contributed by atoms with Gasteiger partial charge in [-0.1, -0.05) is 24.3 Å². The van der Waals surface area contributed by atoms with Crippen molar-refractivity contribution in [3.05, 3.63) is 64.2 Å². The summed E-state index contributed by atoms with van der Waals surface area (Å²) in [4.78, 5) is 0. The van der Waals surface area contributed by atoms with Crippen molar-refractivity contribution in [1.82, 2.24) is 0 Å². The number of aliphatic hydroxyl groups is 1. The third-order valence-corrected chi connectivity index (χ3v) is 5.70. The summed E-state index contributed by atoms with van der Waals surface area (Å²) in [5.74, 6) is -0.210. The second-order valence-electron chi connectivity index (χ2n) is 8.09. The van der Waals surface area contributed by atoms with Gasteiger partial charge in [0.15, 0.2) is 0 Å². The van der Waals surface area contributed by atoms with Gasteiger partial charge in [-0.25, -0.2) is 0 Å². The number of rotatable bonds is 12. The standard InChI is InChI=1S/C23H30F3NO4P/c1-16-5-6-18(12-17(16)2)4-3-11-30-21-8-7-19(13-20(21)23(24,25)26)9-10-22(27,14-28)15-31-32-29/h5-8,12-13,28,32H,3-4,9-11,14-15,27H2,1-2H3/q+1. The molecule has 176 valence electrons. The van der Waals surface area contributed by atoms with E-state index in [-0.39, 0.29) is 31.8 Å². The predicted octanol–water partition coefficient (Wildman–Crippen LogP) is 4.91.